The average Bonchev–Trinajstić information content (AvgIpc) is 2.49. The molecule has 2 aliphatic rings. The van der Waals surface area contributed by atoms with E-state index in [1.54, 1.807) is 12.2 Å². The Morgan fingerprint density at radius 3 is 1.82 bits per heavy atom. The molecule has 0 radical (unpaired) electrons. The molecule has 0 spiro atoms. The van der Waals surface area contributed by atoms with Crippen molar-refractivity contribution in [1.29, 1.82) is 0 Å². The van der Waals surface area contributed by atoms with E-state index >= 15 is 0 Å². The zero-order valence-electron chi connectivity index (χ0n) is 14.6. The van der Waals surface area contributed by atoms with Gasteiger partial charge in [0, 0.05) is 16.2 Å². The first-order valence-electron chi connectivity index (χ1n) is 7.90. The van der Waals surface area contributed by atoms with Crippen LogP contribution in [-0.2, 0) is 0 Å². The van der Waals surface area contributed by atoms with Gasteiger partial charge >= 0.3 is 0 Å². The third-order valence-electron chi connectivity index (χ3n) is 3.96. The minimum absolute atomic E-state index is 0.0187. The highest BCUT2D eigenvalue weighted by molar-refractivity contribution is 5.52. The normalized spacial score (nSPS) is 27.0. The molecule has 2 aliphatic carbocycles. The second-order valence-electron chi connectivity index (χ2n) is 8.19. The largest absolute Gasteiger partial charge is 0.207 e. The predicted octanol–water partition coefficient (Wildman–Crippen LogP) is 6.47. The van der Waals surface area contributed by atoms with Gasteiger partial charge in [-0.25, -0.2) is 4.39 Å². The molecule has 0 fully saturated rings. The Balaban J connectivity index is 2.53. The van der Waals surface area contributed by atoms with E-state index in [1.807, 2.05) is 19.9 Å². The fraction of sp³-hybridized carbons (Fsp3) is 0.429. The third-order valence-corrected chi connectivity index (χ3v) is 3.96. The minimum atomic E-state index is -0.296. The molecule has 0 bridgehead atoms. The molecule has 0 N–H and O–H groups in total. The van der Waals surface area contributed by atoms with E-state index in [0.29, 0.717) is 0 Å². The van der Waals surface area contributed by atoms with Crippen LogP contribution in [-0.4, -0.2) is 0 Å². The number of halogens is 1. The molecule has 0 amide bonds. The summed E-state index contributed by atoms with van der Waals surface area (Å²) in [5, 5.41) is 0. The van der Waals surface area contributed by atoms with Crippen LogP contribution in [0, 0.1) is 16.2 Å². The summed E-state index contributed by atoms with van der Waals surface area (Å²) in [5.74, 6) is -0.175. The van der Waals surface area contributed by atoms with E-state index in [9.17, 15) is 4.39 Å². The molecule has 0 unspecified atom stereocenters. The van der Waals surface area contributed by atoms with E-state index in [0.717, 1.165) is 11.1 Å². The van der Waals surface area contributed by atoms with Gasteiger partial charge in [-0.15, -0.1) is 0 Å². The first-order chi connectivity index (χ1) is 9.98. The summed E-state index contributed by atoms with van der Waals surface area (Å²) >= 11 is 0. The lowest BCUT2D eigenvalue weighted by Crippen LogP contribution is -2.12. The van der Waals surface area contributed by atoms with Crippen molar-refractivity contribution in [1.82, 2.24) is 0 Å². The zero-order valence-corrected chi connectivity index (χ0v) is 14.6. The SMILES string of the molecule is CC1(C)C=C(F)C=CC(C2=CC(C)(C)/C=C\C(C)(C)C=C2)=C1. The van der Waals surface area contributed by atoms with Crippen molar-refractivity contribution in [2.75, 3.05) is 0 Å². The number of allylic oxidation sites excluding steroid dienone is 12. The average molecular weight is 298 g/mol. The van der Waals surface area contributed by atoms with Crippen molar-refractivity contribution < 1.29 is 4.39 Å². The van der Waals surface area contributed by atoms with Gasteiger partial charge in [-0.2, -0.15) is 0 Å². The molecule has 2 rings (SSSR count). The van der Waals surface area contributed by atoms with Crippen LogP contribution < -0.4 is 0 Å². The summed E-state index contributed by atoms with van der Waals surface area (Å²) in [6, 6.07) is 0. The first kappa shape index (κ1) is 16.7. The summed E-state index contributed by atoms with van der Waals surface area (Å²) in [6.45, 7) is 12.8. The fourth-order valence-electron chi connectivity index (χ4n) is 2.71. The lowest BCUT2D eigenvalue weighted by atomic mass is 9.80. The number of rotatable bonds is 1. The molecule has 0 heterocycles. The van der Waals surface area contributed by atoms with Crippen molar-refractivity contribution >= 4 is 0 Å². The Kier molecular flexibility index (Phi) is 4.21. The highest BCUT2D eigenvalue weighted by Crippen LogP contribution is 2.35. The quantitative estimate of drug-likeness (QED) is 0.487. The second-order valence-corrected chi connectivity index (χ2v) is 8.19. The van der Waals surface area contributed by atoms with Crippen molar-refractivity contribution in [3.05, 3.63) is 71.7 Å². The van der Waals surface area contributed by atoms with Gasteiger partial charge in [0.25, 0.3) is 0 Å². The molecule has 0 aromatic carbocycles. The number of hydrogen-bond acceptors (Lipinski definition) is 0. The lowest BCUT2D eigenvalue weighted by Gasteiger charge is -2.25. The molecule has 0 saturated carbocycles. The van der Waals surface area contributed by atoms with Gasteiger partial charge in [0.15, 0.2) is 0 Å². The Morgan fingerprint density at radius 2 is 1.14 bits per heavy atom. The smallest absolute Gasteiger partial charge is 0.120 e. The van der Waals surface area contributed by atoms with Gasteiger partial charge in [-0.1, -0.05) is 84.1 Å². The van der Waals surface area contributed by atoms with Crippen molar-refractivity contribution in [2.45, 2.75) is 41.5 Å². The van der Waals surface area contributed by atoms with Gasteiger partial charge in [-0.05, 0) is 23.3 Å². The maximum absolute atomic E-state index is 13.8. The molecule has 22 heavy (non-hydrogen) atoms. The van der Waals surface area contributed by atoms with Crippen LogP contribution in [0.25, 0.3) is 0 Å². The van der Waals surface area contributed by atoms with Gasteiger partial charge in [0.1, 0.15) is 5.83 Å². The zero-order chi connectivity index (χ0) is 16.6. The summed E-state index contributed by atoms with van der Waals surface area (Å²) in [4.78, 5) is 0. The standard InChI is InChI=1S/C21H27F/c1-19(2)10-9-17(13-20(3,4)12-11-19)16-7-8-18(22)15-21(5,6)14-16/h7-15H,1-6H3/b10-9?,12-11-,17-13?. The van der Waals surface area contributed by atoms with E-state index in [1.165, 1.54) is 0 Å². The summed E-state index contributed by atoms with van der Waals surface area (Å²) in [7, 11) is 0. The van der Waals surface area contributed by atoms with Gasteiger partial charge < -0.3 is 0 Å². The van der Waals surface area contributed by atoms with Crippen molar-refractivity contribution in [3.63, 3.8) is 0 Å². The Hall–Kier alpha value is -1.63. The van der Waals surface area contributed by atoms with Crippen LogP contribution >= 0.6 is 0 Å². The minimum Gasteiger partial charge on any atom is -0.207 e. The molecule has 1 heteroatoms. The van der Waals surface area contributed by atoms with Gasteiger partial charge in [0.2, 0.25) is 0 Å². The Labute approximate surface area is 134 Å². The molecular weight excluding hydrogens is 271 g/mol. The maximum atomic E-state index is 13.8. The van der Waals surface area contributed by atoms with Crippen molar-refractivity contribution in [2.24, 2.45) is 16.2 Å². The van der Waals surface area contributed by atoms with Crippen LogP contribution in [0.2, 0.25) is 0 Å². The second kappa shape index (κ2) is 5.53. The van der Waals surface area contributed by atoms with Crippen LogP contribution in [0.5, 0.6) is 0 Å². The van der Waals surface area contributed by atoms with Crippen LogP contribution in [0.1, 0.15) is 41.5 Å². The monoisotopic (exact) mass is 298 g/mol. The van der Waals surface area contributed by atoms with Gasteiger partial charge in [0.05, 0.1) is 0 Å². The van der Waals surface area contributed by atoms with E-state index in [4.69, 9.17) is 0 Å². The highest BCUT2D eigenvalue weighted by Gasteiger charge is 2.21. The van der Waals surface area contributed by atoms with E-state index in [-0.39, 0.29) is 22.1 Å². The highest BCUT2D eigenvalue weighted by atomic mass is 19.1. The molecule has 118 valence electrons. The summed E-state index contributed by atoms with van der Waals surface area (Å²) in [5.41, 5.74) is 1.91. The fourth-order valence-corrected chi connectivity index (χ4v) is 2.71. The third kappa shape index (κ3) is 4.43. The van der Waals surface area contributed by atoms with Crippen LogP contribution in [0.15, 0.2) is 71.7 Å². The van der Waals surface area contributed by atoms with E-state index < -0.39 is 0 Å². The summed E-state index contributed by atoms with van der Waals surface area (Å²) < 4.78 is 13.8. The predicted molar refractivity (Wildman–Crippen MR) is 94.1 cm³/mol. The topological polar surface area (TPSA) is 0 Å². The molecule has 0 atom stereocenters. The first-order valence-corrected chi connectivity index (χ1v) is 7.90. The number of hydrogen-bond donors (Lipinski definition) is 0. The van der Waals surface area contributed by atoms with Crippen LogP contribution in [0.3, 0.4) is 0 Å². The molecule has 0 aromatic rings. The molecule has 0 nitrogen and oxygen atoms in total. The van der Waals surface area contributed by atoms with Gasteiger partial charge in [-0.3, -0.25) is 0 Å². The van der Waals surface area contributed by atoms with E-state index in [2.05, 4.69) is 64.2 Å². The molecule has 0 aliphatic heterocycles. The van der Waals surface area contributed by atoms with Crippen LogP contribution in [0.4, 0.5) is 4.39 Å². The van der Waals surface area contributed by atoms with Crippen molar-refractivity contribution in [3.8, 4) is 0 Å². The molecule has 0 saturated heterocycles. The molecule has 0 aromatic heterocycles. The lowest BCUT2D eigenvalue weighted by molar-refractivity contribution is 0.571. The maximum Gasteiger partial charge on any atom is 0.120 e. The Morgan fingerprint density at radius 1 is 0.591 bits per heavy atom. The summed E-state index contributed by atoms with van der Waals surface area (Å²) in [6.07, 6.45) is 18.4. The Bertz CT molecular complexity index is 629. The molecular formula is C21H27F.